The summed E-state index contributed by atoms with van der Waals surface area (Å²) in [4.78, 5) is 11.7. The van der Waals surface area contributed by atoms with Crippen molar-refractivity contribution in [2.24, 2.45) is 0 Å². The van der Waals surface area contributed by atoms with Crippen LogP contribution in [0, 0.1) is 0 Å². The molecule has 0 aromatic heterocycles. The van der Waals surface area contributed by atoms with Crippen molar-refractivity contribution in [1.82, 2.24) is 0 Å². The zero-order valence-corrected chi connectivity index (χ0v) is 10.7. The first-order valence-corrected chi connectivity index (χ1v) is 5.83. The quantitative estimate of drug-likeness (QED) is 0.730. The normalized spacial score (nSPS) is 12.2. The summed E-state index contributed by atoms with van der Waals surface area (Å²) in [5.41, 5.74) is 0.999. The summed E-state index contributed by atoms with van der Waals surface area (Å²) in [7, 11) is 3.29. The van der Waals surface area contributed by atoms with Crippen molar-refractivity contribution in [2.75, 3.05) is 14.2 Å². The molecule has 1 atom stereocenters. The van der Waals surface area contributed by atoms with Crippen molar-refractivity contribution >= 4 is 5.78 Å². The molecule has 1 rings (SSSR count). The molecule has 0 aliphatic carbocycles. The monoisotopic (exact) mass is 236 g/mol. The first-order valence-electron chi connectivity index (χ1n) is 5.83. The Bertz CT molecular complexity index is 360. The lowest BCUT2D eigenvalue weighted by Gasteiger charge is -2.08. The molecule has 94 valence electrons. The number of ketones is 1. The molecular weight excluding hydrogens is 216 g/mol. The highest BCUT2D eigenvalue weighted by Crippen LogP contribution is 2.14. The molecule has 0 saturated heterocycles. The fourth-order valence-electron chi connectivity index (χ4n) is 1.58. The molecule has 0 aliphatic rings. The molecule has 0 saturated carbocycles. The molecule has 0 spiro atoms. The molecule has 0 amide bonds. The number of carbonyl (C=O) groups is 1. The summed E-state index contributed by atoms with van der Waals surface area (Å²) in [6.45, 7) is 1.97. The largest absolute Gasteiger partial charge is 0.497 e. The summed E-state index contributed by atoms with van der Waals surface area (Å²) >= 11 is 0. The van der Waals surface area contributed by atoms with Gasteiger partial charge in [-0.3, -0.25) is 4.79 Å². The van der Waals surface area contributed by atoms with Gasteiger partial charge >= 0.3 is 0 Å². The van der Waals surface area contributed by atoms with Crippen molar-refractivity contribution in [3.8, 4) is 5.75 Å². The van der Waals surface area contributed by atoms with Gasteiger partial charge in [-0.05, 0) is 31.0 Å². The second kappa shape index (κ2) is 7.07. The van der Waals surface area contributed by atoms with E-state index in [-0.39, 0.29) is 11.9 Å². The van der Waals surface area contributed by atoms with Gasteiger partial charge in [-0.2, -0.15) is 0 Å². The van der Waals surface area contributed by atoms with Crippen molar-refractivity contribution in [3.63, 3.8) is 0 Å². The molecule has 3 nitrogen and oxygen atoms in total. The number of benzene rings is 1. The summed E-state index contributed by atoms with van der Waals surface area (Å²) in [5.74, 6) is 1.03. The Morgan fingerprint density at radius 1 is 1.35 bits per heavy atom. The third-order valence-electron chi connectivity index (χ3n) is 2.77. The Morgan fingerprint density at radius 2 is 2.12 bits per heavy atom. The van der Waals surface area contributed by atoms with Crippen LogP contribution >= 0.6 is 0 Å². The van der Waals surface area contributed by atoms with Gasteiger partial charge in [0.2, 0.25) is 0 Å². The molecule has 0 N–H and O–H groups in total. The van der Waals surface area contributed by atoms with Crippen LogP contribution in [0.3, 0.4) is 0 Å². The van der Waals surface area contributed by atoms with Crippen LogP contribution in [0.4, 0.5) is 0 Å². The van der Waals surface area contributed by atoms with Crippen LogP contribution in [0.5, 0.6) is 5.75 Å². The summed E-state index contributed by atoms with van der Waals surface area (Å²) in [6, 6.07) is 7.62. The number of hydrogen-bond donors (Lipinski definition) is 0. The predicted octanol–water partition coefficient (Wildman–Crippen LogP) is 2.62. The van der Waals surface area contributed by atoms with E-state index in [0.29, 0.717) is 12.8 Å². The highest BCUT2D eigenvalue weighted by atomic mass is 16.5. The molecule has 1 unspecified atom stereocenters. The smallest absolute Gasteiger partial charge is 0.137 e. The van der Waals surface area contributed by atoms with Crippen molar-refractivity contribution in [3.05, 3.63) is 29.8 Å². The van der Waals surface area contributed by atoms with E-state index in [4.69, 9.17) is 9.47 Å². The average Bonchev–Trinajstić information content (AvgIpc) is 2.36. The van der Waals surface area contributed by atoms with Crippen LogP contribution in [0.2, 0.25) is 0 Å². The topological polar surface area (TPSA) is 35.5 Å². The van der Waals surface area contributed by atoms with Gasteiger partial charge in [0.05, 0.1) is 13.2 Å². The molecule has 0 radical (unpaired) electrons. The minimum absolute atomic E-state index is 0.143. The van der Waals surface area contributed by atoms with Crippen molar-refractivity contribution in [1.29, 1.82) is 0 Å². The highest BCUT2D eigenvalue weighted by Gasteiger charge is 2.07. The van der Waals surface area contributed by atoms with Gasteiger partial charge in [0.15, 0.2) is 0 Å². The van der Waals surface area contributed by atoms with Gasteiger partial charge in [-0.1, -0.05) is 12.1 Å². The summed E-state index contributed by atoms with van der Waals surface area (Å²) in [5, 5.41) is 0. The maximum Gasteiger partial charge on any atom is 0.137 e. The minimum Gasteiger partial charge on any atom is -0.497 e. The third kappa shape index (κ3) is 5.00. The van der Waals surface area contributed by atoms with Crippen LogP contribution in [0.1, 0.15) is 25.3 Å². The highest BCUT2D eigenvalue weighted by molar-refractivity contribution is 5.80. The van der Waals surface area contributed by atoms with E-state index in [2.05, 4.69) is 0 Å². The molecule has 3 heteroatoms. The van der Waals surface area contributed by atoms with Gasteiger partial charge in [0.1, 0.15) is 11.5 Å². The van der Waals surface area contributed by atoms with Crippen LogP contribution < -0.4 is 4.74 Å². The Balaban J connectivity index is 2.44. The van der Waals surface area contributed by atoms with Crippen molar-refractivity contribution in [2.45, 2.75) is 32.3 Å². The first kappa shape index (κ1) is 13.7. The number of methoxy groups -OCH3 is 2. The summed E-state index contributed by atoms with van der Waals surface area (Å²) < 4.78 is 10.2. The lowest BCUT2D eigenvalue weighted by molar-refractivity contribution is -0.119. The third-order valence-corrected chi connectivity index (χ3v) is 2.77. The lowest BCUT2D eigenvalue weighted by atomic mass is 10.0. The van der Waals surface area contributed by atoms with Crippen molar-refractivity contribution < 1.29 is 14.3 Å². The molecule has 0 heterocycles. The predicted molar refractivity (Wildman–Crippen MR) is 67.4 cm³/mol. The maximum atomic E-state index is 11.7. The molecular formula is C14H20O3. The van der Waals surface area contributed by atoms with Crippen LogP contribution in [0.15, 0.2) is 24.3 Å². The Labute approximate surface area is 103 Å². The molecule has 0 bridgehead atoms. The molecule has 0 aliphatic heterocycles. The van der Waals surface area contributed by atoms with Gasteiger partial charge in [0, 0.05) is 20.0 Å². The van der Waals surface area contributed by atoms with Gasteiger partial charge in [0.25, 0.3) is 0 Å². The molecule has 17 heavy (non-hydrogen) atoms. The van der Waals surface area contributed by atoms with Crippen LogP contribution in [0.25, 0.3) is 0 Å². The van der Waals surface area contributed by atoms with E-state index in [1.807, 2.05) is 31.2 Å². The number of hydrogen-bond acceptors (Lipinski definition) is 3. The molecule has 1 aromatic rings. The zero-order valence-electron chi connectivity index (χ0n) is 10.7. The van der Waals surface area contributed by atoms with Crippen LogP contribution in [-0.4, -0.2) is 26.1 Å². The van der Waals surface area contributed by atoms with Gasteiger partial charge in [-0.25, -0.2) is 0 Å². The fraction of sp³-hybridized carbons (Fsp3) is 0.500. The summed E-state index contributed by atoms with van der Waals surface area (Å²) in [6.07, 6.45) is 1.95. The zero-order chi connectivity index (χ0) is 12.7. The van der Waals surface area contributed by atoms with E-state index in [9.17, 15) is 4.79 Å². The Hall–Kier alpha value is -1.35. The Kier molecular flexibility index (Phi) is 5.70. The Morgan fingerprint density at radius 3 is 2.76 bits per heavy atom. The SMILES string of the molecule is COc1cccc(CC(=O)CCC(C)OC)c1. The van der Waals surface area contributed by atoms with E-state index >= 15 is 0 Å². The number of Topliss-reactive ketones (excluding diaryl/α,β-unsaturated/α-hetero) is 1. The maximum absolute atomic E-state index is 11.7. The second-order valence-corrected chi connectivity index (χ2v) is 4.15. The average molecular weight is 236 g/mol. The van der Waals surface area contributed by atoms with E-state index in [0.717, 1.165) is 17.7 Å². The minimum atomic E-state index is 0.143. The molecule has 1 aromatic carbocycles. The first-order chi connectivity index (χ1) is 8.15. The van der Waals surface area contributed by atoms with Crippen LogP contribution in [-0.2, 0) is 16.0 Å². The van der Waals surface area contributed by atoms with Gasteiger partial charge < -0.3 is 9.47 Å². The van der Waals surface area contributed by atoms with E-state index < -0.39 is 0 Å². The second-order valence-electron chi connectivity index (χ2n) is 4.15. The fourth-order valence-corrected chi connectivity index (χ4v) is 1.58. The number of ether oxygens (including phenoxy) is 2. The molecule has 0 fully saturated rings. The lowest BCUT2D eigenvalue weighted by Crippen LogP contribution is -2.10. The number of rotatable bonds is 7. The standard InChI is InChI=1S/C14H20O3/c1-11(16-2)7-8-13(15)9-12-5-4-6-14(10-12)17-3/h4-6,10-11H,7-9H2,1-3H3. The number of carbonyl (C=O) groups excluding carboxylic acids is 1. The van der Waals surface area contributed by atoms with E-state index in [1.165, 1.54) is 0 Å². The van der Waals surface area contributed by atoms with E-state index in [1.54, 1.807) is 14.2 Å². The van der Waals surface area contributed by atoms with Gasteiger partial charge in [-0.15, -0.1) is 0 Å².